The summed E-state index contributed by atoms with van der Waals surface area (Å²) in [7, 11) is 0. The first kappa shape index (κ1) is 8.27. The van der Waals surface area contributed by atoms with Gasteiger partial charge in [-0.05, 0) is 5.92 Å². The lowest BCUT2D eigenvalue weighted by atomic mass is 10.1. The Balaban J connectivity index is 2.68. The topological polar surface area (TPSA) is 46.3 Å². The molecule has 0 spiro atoms. The average Bonchev–Trinajstić information content (AvgIpc) is 2.34. The number of hydrogen-bond acceptors (Lipinski definition) is 3. The summed E-state index contributed by atoms with van der Waals surface area (Å²) < 4.78 is 5.10. The first-order chi connectivity index (χ1) is 5.24. The molecule has 0 atom stereocenters. The summed E-state index contributed by atoms with van der Waals surface area (Å²) in [5, 5.41) is 8.80. The molecule has 0 saturated heterocycles. The van der Waals surface area contributed by atoms with Crippen LogP contribution in [0.4, 0.5) is 0 Å². The van der Waals surface area contributed by atoms with E-state index in [9.17, 15) is 0 Å². The van der Waals surface area contributed by atoms with Crippen molar-refractivity contribution in [2.24, 2.45) is 5.92 Å². The fraction of sp³-hybridized carbons (Fsp3) is 0.625. The van der Waals surface area contributed by atoms with Gasteiger partial charge in [-0.15, -0.1) is 0 Å². The molecule has 1 aromatic heterocycles. The molecule has 1 rings (SSSR count). The van der Waals surface area contributed by atoms with Crippen LogP contribution in [0.15, 0.2) is 10.8 Å². The van der Waals surface area contributed by atoms with Crippen molar-refractivity contribution in [3.63, 3.8) is 0 Å². The van der Waals surface area contributed by atoms with E-state index >= 15 is 0 Å². The molecule has 0 aromatic carbocycles. The molecule has 0 bridgehead atoms. The van der Waals surface area contributed by atoms with Gasteiger partial charge in [0.15, 0.2) is 6.39 Å². The Bertz CT molecular complexity index is 218. The van der Waals surface area contributed by atoms with E-state index in [0.29, 0.717) is 11.6 Å². The Morgan fingerprint density at radius 1 is 1.64 bits per heavy atom. The molecule has 62 valence electrons. The number of aliphatic hydroxyl groups excluding tert-OH is 1. The lowest BCUT2D eigenvalue weighted by molar-refractivity contribution is 0.273. The lowest BCUT2D eigenvalue weighted by Gasteiger charge is -2.00. The Morgan fingerprint density at radius 2 is 2.36 bits per heavy atom. The van der Waals surface area contributed by atoms with Crippen LogP contribution in [0.2, 0.25) is 0 Å². The lowest BCUT2D eigenvalue weighted by Crippen LogP contribution is -1.96. The second-order valence-electron chi connectivity index (χ2n) is 2.98. The number of rotatable bonds is 3. The van der Waals surface area contributed by atoms with Gasteiger partial charge >= 0.3 is 0 Å². The first-order valence-electron chi connectivity index (χ1n) is 3.76. The molecule has 1 aromatic rings. The van der Waals surface area contributed by atoms with Gasteiger partial charge in [-0.2, -0.15) is 0 Å². The highest BCUT2D eigenvalue weighted by molar-refractivity contribution is 5.06. The molecule has 0 fully saturated rings. The zero-order valence-corrected chi connectivity index (χ0v) is 6.87. The Hall–Kier alpha value is -0.830. The molecule has 0 aliphatic rings. The summed E-state index contributed by atoms with van der Waals surface area (Å²) in [5.41, 5.74) is 0.665. The van der Waals surface area contributed by atoms with Crippen molar-refractivity contribution in [2.75, 3.05) is 0 Å². The molecule has 0 aliphatic carbocycles. The maximum Gasteiger partial charge on any atom is 0.181 e. The summed E-state index contributed by atoms with van der Waals surface area (Å²) in [5.74, 6) is 1.34. The average molecular weight is 155 g/mol. The van der Waals surface area contributed by atoms with E-state index in [4.69, 9.17) is 9.52 Å². The summed E-state index contributed by atoms with van der Waals surface area (Å²) in [6.45, 7) is 4.17. The molecule has 0 unspecified atom stereocenters. The Morgan fingerprint density at radius 3 is 2.91 bits per heavy atom. The molecular weight excluding hydrogens is 142 g/mol. The predicted molar refractivity (Wildman–Crippen MR) is 41.0 cm³/mol. The summed E-state index contributed by atoms with van der Waals surface area (Å²) >= 11 is 0. The van der Waals surface area contributed by atoms with E-state index in [2.05, 4.69) is 18.8 Å². The normalized spacial score (nSPS) is 10.9. The molecule has 11 heavy (non-hydrogen) atoms. The number of nitrogens with zero attached hydrogens (tertiary/aromatic N) is 1. The van der Waals surface area contributed by atoms with Gasteiger partial charge in [0.2, 0.25) is 0 Å². The van der Waals surface area contributed by atoms with E-state index < -0.39 is 0 Å². The Labute approximate surface area is 66.1 Å². The summed E-state index contributed by atoms with van der Waals surface area (Å²) in [4.78, 5) is 3.87. The molecule has 3 nitrogen and oxygen atoms in total. The minimum atomic E-state index is -0.0292. The SMILES string of the molecule is CC(C)Cc1ocnc1CO. The van der Waals surface area contributed by atoms with Gasteiger partial charge in [-0.1, -0.05) is 13.8 Å². The minimum absolute atomic E-state index is 0.0292. The van der Waals surface area contributed by atoms with Gasteiger partial charge in [-0.25, -0.2) is 4.98 Å². The largest absolute Gasteiger partial charge is 0.448 e. The fourth-order valence-electron chi connectivity index (χ4n) is 0.959. The van der Waals surface area contributed by atoms with E-state index in [0.717, 1.165) is 12.2 Å². The van der Waals surface area contributed by atoms with Crippen LogP contribution < -0.4 is 0 Å². The van der Waals surface area contributed by atoms with E-state index in [1.54, 1.807) is 0 Å². The first-order valence-corrected chi connectivity index (χ1v) is 3.76. The van der Waals surface area contributed by atoms with Crippen LogP contribution in [0.5, 0.6) is 0 Å². The third-order valence-corrected chi connectivity index (χ3v) is 1.47. The molecule has 0 aliphatic heterocycles. The van der Waals surface area contributed by atoms with Gasteiger partial charge in [0.1, 0.15) is 11.5 Å². The van der Waals surface area contributed by atoms with Crippen LogP contribution in [-0.2, 0) is 13.0 Å². The summed E-state index contributed by atoms with van der Waals surface area (Å²) in [6, 6.07) is 0. The van der Waals surface area contributed by atoms with Crippen molar-refractivity contribution < 1.29 is 9.52 Å². The third kappa shape index (κ3) is 2.05. The van der Waals surface area contributed by atoms with Crippen LogP contribution in [0.1, 0.15) is 25.3 Å². The molecular formula is C8H13NO2. The maximum atomic E-state index is 8.80. The number of hydrogen-bond donors (Lipinski definition) is 1. The number of oxazole rings is 1. The van der Waals surface area contributed by atoms with Crippen LogP contribution in [0.3, 0.4) is 0 Å². The van der Waals surface area contributed by atoms with Crippen molar-refractivity contribution in [3.05, 3.63) is 17.8 Å². The van der Waals surface area contributed by atoms with Gasteiger partial charge < -0.3 is 9.52 Å². The van der Waals surface area contributed by atoms with Crippen molar-refractivity contribution in [1.29, 1.82) is 0 Å². The molecule has 3 heteroatoms. The van der Waals surface area contributed by atoms with Gasteiger partial charge in [0.05, 0.1) is 6.61 Å². The molecule has 1 heterocycles. The van der Waals surface area contributed by atoms with E-state index in [-0.39, 0.29) is 6.61 Å². The van der Waals surface area contributed by atoms with Crippen LogP contribution in [0, 0.1) is 5.92 Å². The predicted octanol–water partition coefficient (Wildman–Crippen LogP) is 1.37. The van der Waals surface area contributed by atoms with Crippen LogP contribution in [0.25, 0.3) is 0 Å². The van der Waals surface area contributed by atoms with Gasteiger partial charge in [0.25, 0.3) is 0 Å². The van der Waals surface area contributed by atoms with Gasteiger partial charge in [0, 0.05) is 6.42 Å². The Kier molecular flexibility index (Phi) is 2.65. The molecule has 0 saturated carbocycles. The standard InChI is InChI=1S/C8H13NO2/c1-6(2)3-8-7(4-10)9-5-11-8/h5-6,10H,3-4H2,1-2H3. The van der Waals surface area contributed by atoms with Crippen LogP contribution in [-0.4, -0.2) is 10.1 Å². The third-order valence-electron chi connectivity index (χ3n) is 1.47. The maximum absolute atomic E-state index is 8.80. The van der Waals surface area contributed by atoms with Crippen LogP contribution >= 0.6 is 0 Å². The number of aromatic nitrogens is 1. The highest BCUT2D eigenvalue weighted by Crippen LogP contribution is 2.11. The second-order valence-corrected chi connectivity index (χ2v) is 2.98. The monoisotopic (exact) mass is 155 g/mol. The smallest absolute Gasteiger partial charge is 0.181 e. The zero-order chi connectivity index (χ0) is 8.27. The minimum Gasteiger partial charge on any atom is -0.448 e. The highest BCUT2D eigenvalue weighted by atomic mass is 16.3. The second kappa shape index (κ2) is 3.53. The fourth-order valence-corrected chi connectivity index (χ4v) is 0.959. The number of aliphatic hydroxyl groups is 1. The molecule has 0 amide bonds. The van der Waals surface area contributed by atoms with E-state index in [1.165, 1.54) is 6.39 Å². The molecule has 0 radical (unpaired) electrons. The van der Waals surface area contributed by atoms with Gasteiger partial charge in [-0.3, -0.25) is 0 Å². The quantitative estimate of drug-likeness (QED) is 0.717. The van der Waals surface area contributed by atoms with E-state index in [1.807, 2.05) is 0 Å². The van der Waals surface area contributed by atoms with Crippen molar-refractivity contribution in [2.45, 2.75) is 26.9 Å². The highest BCUT2D eigenvalue weighted by Gasteiger charge is 2.07. The van der Waals surface area contributed by atoms with Crippen molar-refractivity contribution >= 4 is 0 Å². The van der Waals surface area contributed by atoms with Crippen molar-refractivity contribution in [1.82, 2.24) is 4.98 Å². The van der Waals surface area contributed by atoms with Crippen molar-refractivity contribution in [3.8, 4) is 0 Å². The molecule has 1 N–H and O–H groups in total. The summed E-state index contributed by atoms with van der Waals surface area (Å²) in [6.07, 6.45) is 2.22. The zero-order valence-electron chi connectivity index (χ0n) is 6.87.